The molecule has 0 radical (unpaired) electrons. The summed E-state index contributed by atoms with van der Waals surface area (Å²) in [6.07, 6.45) is 1.76. The highest BCUT2D eigenvalue weighted by Gasteiger charge is 2.16. The topological polar surface area (TPSA) is 59.7 Å². The maximum Gasteiger partial charge on any atom is 0.176 e. The van der Waals surface area contributed by atoms with Crippen LogP contribution >= 0.6 is 35.4 Å². The van der Waals surface area contributed by atoms with Gasteiger partial charge < -0.3 is 10.6 Å². The number of nitrogens with zero attached hydrogens (tertiary/aromatic N) is 4. The van der Waals surface area contributed by atoms with Crippen LogP contribution in [0.15, 0.2) is 48.7 Å². The molecule has 0 unspecified atom stereocenters. The van der Waals surface area contributed by atoms with E-state index in [9.17, 15) is 8.78 Å². The Labute approximate surface area is 210 Å². The summed E-state index contributed by atoms with van der Waals surface area (Å²) < 4.78 is 30.8. The molecule has 0 atom stereocenters. The summed E-state index contributed by atoms with van der Waals surface area (Å²) in [4.78, 5) is 0. The summed E-state index contributed by atoms with van der Waals surface area (Å²) in [6.45, 7) is 4.26. The van der Waals surface area contributed by atoms with Crippen molar-refractivity contribution < 1.29 is 8.78 Å². The van der Waals surface area contributed by atoms with Gasteiger partial charge in [-0.1, -0.05) is 35.3 Å². The van der Waals surface area contributed by atoms with Gasteiger partial charge in [-0.3, -0.25) is 9.36 Å². The molecule has 0 amide bonds. The van der Waals surface area contributed by atoms with E-state index < -0.39 is 0 Å². The minimum Gasteiger partial charge on any atom is -0.329 e. The van der Waals surface area contributed by atoms with Crippen molar-refractivity contribution in [3.05, 3.63) is 92.9 Å². The predicted molar refractivity (Wildman–Crippen MR) is 135 cm³/mol. The molecule has 2 aromatic carbocycles. The average Bonchev–Trinajstić information content (AvgIpc) is 3.32. The van der Waals surface area contributed by atoms with Gasteiger partial charge in [0.1, 0.15) is 11.6 Å². The number of nitrogens with one attached hydrogen (secondary N) is 2. The Balaban J connectivity index is 1.43. The van der Waals surface area contributed by atoms with E-state index in [4.69, 9.17) is 35.4 Å². The normalized spacial score (nSPS) is 11.0. The van der Waals surface area contributed by atoms with E-state index in [1.807, 2.05) is 13.8 Å². The summed E-state index contributed by atoms with van der Waals surface area (Å²) >= 11 is 17.7. The number of aryl methyl sites for hydroxylation is 1. The lowest BCUT2D eigenvalue weighted by Gasteiger charge is -2.11. The van der Waals surface area contributed by atoms with Crippen molar-refractivity contribution in [3.8, 4) is 0 Å². The standard InChI is InChI=1S/C23H20Cl2F2N6S/c1-13-22(14(2)33(30-13)12-17-18(24)4-3-5-20(17)27)29-23(34)28-21-8-9-32(31-21)11-15-6-7-16(26)10-19(15)25/h3-10H,11-12H2,1-2H3,(H2,28,29,31,34). The van der Waals surface area contributed by atoms with Crippen molar-refractivity contribution in [1.29, 1.82) is 0 Å². The van der Waals surface area contributed by atoms with Crippen LogP contribution in [0.5, 0.6) is 0 Å². The number of thiocarbonyl (C=S) groups is 1. The van der Waals surface area contributed by atoms with Crippen molar-refractivity contribution in [1.82, 2.24) is 19.6 Å². The van der Waals surface area contributed by atoms with Gasteiger partial charge in [-0.25, -0.2) is 8.78 Å². The number of benzene rings is 2. The van der Waals surface area contributed by atoms with E-state index in [-0.39, 0.29) is 18.2 Å². The fraction of sp³-hybridized carbons (Fsp3) is 0.174. The lowest BCUT2D eigenvalue weighted by atomic mass is 10.2. The SMILES string of the molecule is Cc1nn(Cc2c(F)cccc2Cl)c(C)c1NC(=S)Nc1ccn(Cc2ccc(F)cc2Cl)n1. The Morgan fingerprint density at radius 3 is 2.53 bits per heavy atom. The van der Waals surface area contributed by atoms with Crippen LogP contribution in [-0.4, -0.2) is 24.7 Å². The zero-order valence-electron chi connectivity index (χ0n) is 18.2. The third-order valence-corrected chi connectivity index (χ3v) is 6.13. The number of hydrogen-bond acceptors (Lipinski definition) is 3. The first-order valence-corrected chi connectivity index (χ1v) is 11.4. The van der Waals surface area contributed by atoms with Crippen LogP contribution in [0, 0.1) is 25.5 Å². The fourth-order valence-electron chi connectivity index (χ4n) is 3.47. The maximum absolute atomic E-state index is 14.2. The highest BCUT2D eigenvalue weighted by atomic mass is 35.5. The van der Waals surface area contributed by atoms with Crippen LogP contribution in [0.3, 0.4) is 0 Å². The first kappa shape index (κ1) is 24.1. The fourth-order valence-corrected chi connectivity index (χ4v) is 4.12. The molecule has 4 rings (SSSR count). The molecule has 2 heterocycles. The van der Waals surface area contributed by atoms with E-state index in [0.717, 1.165) is 11.3 Å². The number of halogens is 4. The predicted octanol–water partition coefficient (Wildman–Crippen LogP) is 6.19. The highest BCUT2D eigenvalue weighted by Crippen LogP contribution is 2.25. The van der Waals surface area contributed by atoms with Gasteiger partial charge in [0.2, 0.25) is 0 Å². The largest absolute Gasteiger partial charge is 0.329 e. The van der Waals surface area contributed by atoms with E-state index in [0.29, 0.717) is 44.5 Å². The van der Waals surface area contributed by atoms with Gasteiger partial charge in [0.25, 0.3) is 0 Å². The zero-order chi connectivity index (χ0) is 24.4. The first-order chi connectivity index (χ1) is 16.2. The van der Waals surface area contributed by atoms with Gasteiger partial charge in [0, 0.05) is 27.9 Å². The van der Waals surface area contributed by atoms with Crippen LogP contribution in [0.25, 0.3) is 0 Å². The lowest BCUT2D eigenvalue weighted by molar-refractivity contribution is 0.579. The minimum atomic E-state index is -0.390. The second-order valence-electron chi connectivity index (χ2n) is 7.62. The van der Waals surface area contributed by atoms with Gasteiger partial charge in [-0.05, 0) is 55.9 Å². The van der Waals surface area contributed by atoms with E-state index >= 15 is 0 Å². The summed E-state index contributed by atoms with van der Waals surface area (Å²) in [5.74, 6) is -0.250. The molecule has 176 valence electrons. The number of anilines is 2. The molecule has 4 aromatic rings. The third kappa shape index (κ3) is 5.38. The molecule has 0 aliphatic rings. The second kappa shape index (κ2) is 10.1. The molecule has 0 fully saturated rings. The maximum atomic E-state index is 14.2. The van der Waals surface area contributed by atoms with Gasteiger partial charge in [-0.15, -0.1) is 0 Å². The molecule has 0 spiro atoms. The molecular formula is C23H20Cl2F2N6S. The summed E-state index contributed by atoms with van der Waals surface area (Å²) in [6, 6.07) is 10.6. The van der Waals surface area contributed by atoms with Crippen molar-refractivity contribution in [2.75, 3.05) is 10.6 Å². The summed E-state index contributed by atoms with van der Waals surface area (Å²) in [5.41, 5.74) is 3.30. The molecule has 11 heteroatoms. The summed E-state index contributed by atoms with van der Waals surface area (Å²) in [5, 5.41) is 16.1. The Kier molecular flexibility index (Phi) is 7.16. The molecule has 0 bridgehead atoms. The van der Waals surface area contributed by atoms with Gasteiger partial charge in [-0.2, -0.15) is 10.2 Å². The first-order valence-electron chi connectivity index (χ1n) is 10.2. The molecule has 6 nitrogen and oxygen atoms in total. The number of hydrogen-bond donors (Lipinski definition) is 2. The Morgan fingerprint density at radius 1 is 1.00 bits per heavy atom. The molecule has 0 aliphatic carbocycles. The molecule has 0 saturated carbocycles. The molecule has 2 N–H and O–H groups in total. The van der Waals surface area contributed by atoms with Crippen LogP contribution in [-0.2, 0) is 13.1 Å². The molecule has 0 aliphatic heterocycles. The lowest BCUT2D eigenvalue weighted by Crippen LogP contribution is -2.20. The quantitative estimate of drug-likeness (QED) is 0.297. The van der Waals surface area contributed by atoms with Crippen LogP contribution in [0.4, 0.5) is 20.3 Å². The van der Waals surface area contributed by atoms with Crippen LogP contribution < -0.4 is 10.6 Å². The monoisotopic (exact) mass is 520 g/mol. The summed E-state index contributed by atoms with van der Waals surface area (Å²) in [7, 11) is 0. The Hall–Kier alpha value is -3.01. The van der Waals surface area contributed by atoms with Gasteiger partial charge in [0.05, 0.1) is 30.2 Å². The van der Waals surface area contributed by atoms with Crippen LogP contribution in [0.1, 0.15) is 22.5 Å². The number of rotatable bonds is 6. The minimum absolute atomic E-state index is 0.191. The van der Waals surface area contributed by atoms with Crippen molar-refractivity contribution in [2.45, 2.75) is 26.9 Å². The molecule has 0 saturated heterocycles. The average molecular weight is 521 g/mol. The van der Waals surface area contributed by atoms with E-state index in [1.54, 1.807) is 39.8 Å². The molecular weight excluding hydrogens is 501 g/mol. The van der Waals surface area contributed by atoms with Crippen molar-refractivity contribution >= 4 is 52.0 Å². The van der Waals surface area contributed by atoms with E-state index in [1.165, 1.54) is 18.2 Å². The zero-order valence-corrected chi connectivity index (χ0v) is 20.6. The molecule has 34 heavy (non-hydrogen) atoms. The smallest absolute Gasteiger partial charge is 0.176 e. The third-order valence-electron chi connectivity index (χ3n) is 5.22. The second-order valence-corrected chi connectivity index (χ2v) is 8.84. The Bertz CT molecular complexity index is 1350. The van der Waals surface area contributed by atoms with Gasteiger partial charge >= 0.3 is 0 Å². The highest BCUT2D eigenvalue weighted by molar-refractivity contribution is 7.80. The van der Waals surface area contributed by atoms with E-state index in [2.05, 4.69) is 20.8 Å². The Morgan fingerprint density at radius 2 is 1.79 bits per heavy atom. The van der Waals surface area contributed by atoms with Crippen LogP contribution in [0.2, 0.25) is 10.0 Å². The van der Waals surface area contributed by atoms with Crippen molar-refractivity contribution in [2.24, 2.45) is 0 Å². The number of aromatic nitrogens is 4. The van der Waals surface area contributed by atoms with Gasteiger partial charge in [0.15, 0.2) is 10.9 Å². The van der Waals surface area contributed by atoms with Crippen molar-refractivity contribution in [3.63, 3.8) is 0 Å². The molecule has 2 aromatic heterocycles.